The van der Waals surface area contributed by atoms with E-state index in [9.17, 15) is 14.4 Å². The van der Waals surface area contributed by atoms with Gasteiger partial charge in [0, 0.05) is 23.8 Å². The standard InChI is InChI=1S/C13H14Br2N2O4/c14-9-5-10(15)12(19)17(6-9)7-11(18)16-3-1-8(2-4-16)13(20)21/h5-6,8H,1-4,7H2,(H,20,21). The Labute approximate surface area is 138 Å². The van der Waals surface area contributed by atoms with Crippen molar-refractivity contribution in [2.75, 3.05) is 13.1 Å². The van der Waals surface area contributed by atoms with Crippen LogP contribution in [0.2, 0.25) is 0 Å². The quantitative estimate of drug-likeness (QED) is 0.805. The van der Waals surface area contributed by atoms with Gasteiger partial charge in [-0.15, -0.1) is 0 Å². The van der Waals surface area contributed by atoms with Gasteiger partial charge in [0.25, 0.3) is 5.56 Å². The normalized spacial score (nSPS) is 16.0. The number of carbonyl (C=O) groups excluding carboxylic acids is 1. The maximum Gasteiger partial charge on any atom is 0.306 e. The number of pyridine rings is 1. The van der Waals surface area contributed by atoms with Gasteiger partial charge < -0.3 is 14.6 Å². The number of likely N-dealkylation sites (tertiary alicyclic amines) is 1. The SMILES string of the molecule is O=C(O)C1CCN(C(=O)Cn2cc(Br)cc(Br)c2=O)CC1. The molecule has 2 heterocycles. The predicted molar refractivity (Wildman–Crippen MR) is 83.0 cm³/mol. The molecule has 0 aromatic carbocycles. The molecule has 1 N–H and O–H groups in total. The molecule has 0 radical (unpaired) electrons. The van der Waals surface area contributed by atoms with Crippen LogP contribution in [0.5, 0.6) is 0 Å². The molecule has 1 aromatic heterocycles. The number of carboxylic acid groups (broad SMARTS) is 1. The molecule has 0 spiro atoms. The van der Waals surface area contributed by atoms with Crippen LogP contribution in [-0.2, 0) is 16.1 Å². The number of nitrogens with zero attached hydrogens (tertiary/aromatic N) is 2. The number of rotatable bonds is 3. The fraction of sp³-hybridized carbons (Fsp3) is 0.462. The average molecular weight is 422 g/mol. The molecule has 1 aromatic rings. The summed E-state index contributed by atoms with van der Waals surface area (Å²) in [7, 11) is 0. The molecule has 1 aliphatic heterocycles. The summed E-state index contributed by atoms with van der Waals surface area (Å²) in [5.74, 6) is -1.36. The molecule has 1 aliphatic rings. The first-order chi connectivity index (χ1) is 9.88. The summed E-state index contributed by atoms with van der Waals surface area (Å²) < 4.78 is 2.42. The van der Waals surface area contributed by atoms with E-state index < -0.39 is 5.97 Å². The average Bonchev–Trinajstić information content (AvgIpc) is 2.44. The summed E-state index contributed by atoms with van der Waals surface area (Å²) in [4.78, 5) is 36.6. The summed E-state index contributed by atoms with van der Waals surface area (Å²) >= 11 is 6.43. The Balaban J connectivity index is 2.03. The molecule has 0 unspecified atom stereocenters. The number of halogens is 2. The summed E-state index contributed by atoms with van der Waals surface area (Å²) in [6.45, 7) is 0.786. The van der Waals surface area contributed by atoms with Gasteiger partial charge in [0.05, 0.1) is 10.4 Å². The highest BCUT2D eigenvalue weighted by atomic mass is 79.9. The van der Waals surface area contributed by atoms with E-state index in [0.717, 1.165) is 0 Å². The molecule has 2 rings (SSSR count). The zero-order chi connectivity index (χ0) is 15.6. The van der Waals surface area contributed by atoms with Crippen molar-refractivity contribution in [2.24, 2.45) is 5.92 Å². The molecule has 6 nitrogen and oxygen atoms in total. The number of hydrogen-bond donors (Lipinski definition) is 1. The number of aliphatic carboxylic acids is 1. The minimum Gasteiger partial charge on any atom is -0.481 e. The van der Waals surface area contributed by atoms with Crippen LogP contribution in [0.25, 0.3) is 0 Å². The molecule has 0 saturated carbocycles. The highest BCUT2D eigenvalue weighted by molar-refractivity contribution is 9.11. The first-order valence-corrected chi connectivity index (χ1v) is 8.03. The second-order valence-electron chi connectivity index (χ2n) is 4.93. The van der Waals surface area contributed by atoms with E-state index in [1.165, 1.54) is 4.57 Å². The number of carboxylic acids is 1. The lowest BCUT2D eigenvalue weighted by molar-refractivity contribution is -0.145. The van der Waals surface area contributed by atoms with Gasteiger partial charge in [-0.2, -0.15) is 0 Å². The number of carbonyl (C=O) groups is 2. The first-order valence-electron chi connectivity index (χ1n) is 6.44. The Kier molecular flexibility index (Phi) is 5.21. The molecule has 1 saturated heterocycles. The van der Waals surface area contributed by atoms with E-state index in [4.69, 9.17) is 5.11 Å². The van der Waals surface area contributed by atoms with Crippen molar-refractivity contribution in [3.05, 3.63) is 31.6 Å². The van der Waals surface area contributed by atoms with Crippen LogP contribution < -0.4 is 5.56 Å². The lowest BCUT2D eigenvalue weighted by atomic mass is 9.97. The van der Waals surface area contributed by atoms with Crippen molar-refractivity contribution in [3.63, 3.8) is 0 Å². The zero-order valence-electron chi connectivity index (χ0n) is 11.1. The van der Waals surface area contributed by atoms with Gasteiger partial charge in [0.15, 0.2) is 0 Å². The Morgan fingerprint density at radius 1 is 1.29 bits per heavy atom. The van der Waals surface area contributed by atoms with Crippen molar-refractivity contribution < 1.29 is 14.7 Å². The topological polar surface area (TPSA) is 79.6 Å². The fourth-order valence-corrected chi connectivity index (χ4v) is 3.56. The third-order valence-electron chi connectivity index (χ3n) is 3.51. The number of piperidine rings is 1. The molecule has 1 fully saturated rings. The smallest absolute Gasteiger partial charge is 0.306 e. The van der Waals surface area contributed by atoms with Crippen LogP contribution in [0.15, 0.2) is 26.0 Å². The van der Waals surface area contributed by atoms with Gasteiger partial charge in [0.2, 0.25) is 5.91 Å². The van der Waals surface area contributed by atoms with Crippen LogP contribution in [0, 0.1) is 5.92 Å². The van der Waals surface area contributed by atoms with Gasteiger partial charge in [0.1, 0.15) is 6.54 Å². The third-order valence-corrected chi connectivity index (χ3v) is 4.51. The maximum atomic E-state index is 12.2. The summed E-state index contributed by atoms with van der Waals surface area (Å²) in [5, 5.41) is 8.94. The van der Waals surface area contributed by atoms with E-state index in [0.29, 0.717) is 34.9 Å². The number of aromatic nitrogens is 1. The number of hydrogen-bond acceptors (Lipinski definition) is 3. The second kappa shape index (κ2) is 6.74. The van der Waals surface area contributed by atoms with Crippen molar-refractivity contribution in [3.8, 4) is 0 Å². The molecule has 0 aliphatic carbocycles. The first kappa shape index (κ1) is 16.2. The van der Waals surface area contributed by atoms with E-state index in [1.807, 2.05) is 0 Å². The lowest BCUT2D eigenvalue weighted by Crippen LogP contribution is -2.42. The summed E-state index contributed by atoms with van der Waals surface area (Å²) in [6.07, 6.45) is 2.48. The van der Waals surface area contributed by atoms with Crippen LogP contribution in [0.1, 0.15) is 12.8 Å². The zero-order valence-corrected chi connectivity index (χ0v) is 14.3. The van der Waals surface area contributed by atoms with Crippen molar-refractivity contribution in [1.82, 2.24) is 9.47 Å². The number of amides is 1. The molecule has 114 valence electrons. The van der Waals surface area contributed by atoms with Gasteiger partial charge in [-0.25, -0.2) is 0 Å². The van der Waals surface area contributed by atoms with E-state index in [-0.39, 0.29) is 23.9 Å². The maximum absolute atomic E-state index is 12.2. The second-order valence-corrected chi connectivity index (χ2v) is 6.70. The fourth-order valence-electron chi connectivity index (χ4n) is 2.30. The molecular formula is C13H14Br2N2O4. The molecule has 1 amide bonds. The highest BCUT2D eigenvalue weighted by Gasteiger charge is 2.27. The molecule has 0 bridgehead atoms. The van der Waals surface area contributed by atoms with Crippen LogP contribution in [0.4, 0.5) is 0 Å². The molecule has 21 heavy (non-hydrogen) atoms. The monoisotopic (exact) mass is 420 g/mol. The largest absolute Gasteiger partial charge is 0.481 e. The Bertz CT molecular complexity index is 621. The lowest BCUT2D eigenvalue weighted by Gasteiger charge is -2.30. The minimum absolute atomic E-state index is 0.0470. The van der Waals surface area contributed by atoms with Crippen LogP contribution in [-0.4, -0.2) is 39.5 Å². The highest BCUT2D eigenvalue weighted by Crippen LogP contribution is 2.18. The van der Waals surface area contributed by atoms with Crippen molar-refractivity contribution >= 4 is 43.7 Å². The molecule has 8 heteroatoms. The van der Waals surface area contributed by atoms with Crippen LogP contribution >= 0.6 is 31.9 Å². The molecular weight excluding hydrogens is 408 g/mol. The van der Waals surface area contributed by atoms with Crippen molar-refractivity contribution in [1.29, 1.82) is 0 Å². The van der Waals surface area contributed by atoms with E-state index in [1.54, 1.807) is 17.2 Å². The van der Waals surface area contributed by atoms with E-state index >= 15 is 0 Å². The summed E-state index contributed by atoms with van der Waals surface area (Å²) in [5.41, 5.74) is -0.271. The van der Waals surface area contributed by atoms with Gasteiger partial charge in [-0.3, -0.25) is 14.4 Å². The molecule has 0 atom stereocenters. The van der Waals surface area contributed by atoms with Gasteiger partial charge in [-0.1, -0.05) is 0 Å². The van der Waals surface area contributed by atoms with E-state index in [2.05, 4.69) is 31.9 Å². The Morgan fingerprint density at radius 2 is 1.90 bits per heavy atom. The van der Waals surface area contributed by atoms with Gasteiger partial charge >= 0.3 is 5.97 Å². The third kappa shape index (κ3) is 3.94. The Morgan fingerprint density at radius 3 is 2.48 bits per heavy atom. The Hall–Kier alpha value is -1.15. The summed E-state index contributed by atoms with van der Waals surface area (Å²) in [6, 6.07) is 1.63. The van der Waals surface area contributed by atoms with Crippen molar-refractivity contribution in [2.45, 2.75) is 19.4 Å². The van der Waals surface area contributed by atoms with Gasteiger partial charge in [-0.05, 0) is 50.8 Å². The van der Waals surface area contributed by atoms with Crippen LogP contribution in [0.3, 0.4) is 0 Å². The minimum atomic E-state index is -0.811. The predicted octanol–water partition coefficient (Wildman–Crippen LogP) is 1.70.